The predicted octanol–water partition coefficient (Wildman–Crippen LogP) is 4.16. The van der Waals surface area contributed by atoms with Crippen LogP contribution in [0.3, 0.4) is 0 Å². The van der Waals surface area contributed by atoms with E-state index >= 15 is 0 Å². The van der Waals surface area contributed by atoms with Gasteiger partial charge in [0.2, 0.25) is 0 Å². The average molecular weight is 411 g/mol. The zero-order chi connectivity index (χ0) is 21.1. The Balaban J connectivity index is 1.84. The summed E-state index contributed by atoms with van der Waals surface area (Å²) in [6.07, 6.45) is 0. The maximum atomic E-state index is 12.9. The third kappa shape index (κ3) is 4.49. The number of nitrogens with zero attached hydrogens (tertiary/aromatic N) is 3. The number of rotatable bonds is 5. The molecule has 2 amide bonds. The SMILES string of the molecule is Cc1nn(Cc2ccccc2Cl)c(C)c1C(=O)Nc1cccc(C(=O)N(C)C)c1. The normalized spacial score (nSPS) is 10.7. The Kier molecular flexibility index (Phi) is 6.03. The molecule has 0 bridgehead atoms. The van der Waals surface area contributed by atoms with E-state index in [-0.39, 0.29) is 11.8 Å². The lowest BCUT2D eigenvalue weighted by Crippen LogP contribution is -2.22. The Bertz CT molecular complexity index is 1070. The van der Waals surface area contributed by atoms with Crippen molar-refractivity contribution in [3.05, 3.63) is 81.6 Å². The number of benzene rings is 2. The first kappa shape index (κ1) is 20.6. The molecule has 7 heteroatoms. The largest absolute Gasteiger partial charge is 0.345 e. The van der Waals surface area contributed by atoms with Crippen molar-refractivity contribution < 1.29 is 9.59 Å². The molecule has 2 aromatic carbocycles. The summed E-state index contributed by atoms with van der Waals surface area (Å²) in [5.41, 5.74) is 3.90. The number of halogens is 1. The highest BCUT2D eigenvalue weighted by Gasteiger charge is 2.20. The molecular formula is C22H23ClN4O2. The minimum Gasteiger partial charge on any atom is -0.345 e. The molecule has 0 atom stereocenters. The highest BCUT2D eigenvalue weighted by molar-refractivity contribution is 6.31. The second-order valence-corrected chi connectivity index (χ2v) is 7.44. The van der Waals surface area contributed by atoms with Crippen LogP contribution in [0.5, 0.6) is 0 Å². The summed E-state index contributed by atoms with van der Waals surface area (Å²) in [7, 11) is 3.38. The monoisotopic (exact) mass is 410 g/mol. The molecule has 0 saturated carbocycles. The number of amides is 2. The lowest BCUT2D eigenvalue weighted by molar-refractivity contribution is 0.0827. The molecule has 0 unspecified atom stereocenters. The summed E-state index contributed by atoms with van der Waals surface area (Å²) in [6.45, 7) is 4.14. The average Bonchev–Trinajstić information content (AvgIpc) is 2.96. The molecular weight excluding hydrogens is 388 g/mol. The number of hydrogen-bond donors (Lipinski definition) is 1. The molecule has 1 N–H and O–H groups in total. The van der Waals surface area contributed by atoms with Gasteiger partial charge in [-0.2, -0.15) is 5.10 Å². The number of nitrogens with one attached hydrogen (secondary N) is 1. The van der Waals surface area contributed by atoms with E-state index in [2.05, 4.69) is 10.4 Å². The Hall–Kier alpha value is -3.12. The van der Waals surface area contributed by atoms with Crippen molar-refractivity contribution in [2.24, 2.45) is 0 Å². The molecule has 29 heavy (non-hydrogen) atoms. The molecule has 0 spiro atoms. The fourth-order valence-corrected chi connectivity index (χ4v) is 3.34. The van der Waals surface area contributed by atoms with Gasteiger partial charge in [0.15, 0.2) is 0 Å². The van der Waals surface area contributed by atoms with Gasteiger partial charge in [-0.05, 0) is 43.7 Å². The maximum Gasteiger partial charge on any atom is 0.259 e. The first-order valence-electron chi connectivity index (χ1n) is 9.18. The van der Waals surface area contributed by atoms with Crippen molar-refractivity contribution in [1.29, 1.82) is 0 Å². The molecule has 0 aliphatic carbocycles. The van der Waals surface area contributed by atoms with Gasteiger partial charge in [-0.25, -0.2) is 0 Å². The second-order valence-electron chi connectivity index (χ2n) is 7.03. The third-order valence-corrected chi connectivity index (χ3v) is 5.03. The van der Waals surface area contributed by atoms with Crippen LogP contribution in [0, 0.1) is 13.8 Å². The summed E-state index contributed by atoms with van der Waals surface area (Å²) in [6, 6.07) is 14.4. The van der Waals surface area contributed by atoms with E-state index in [1.807, 2.05) is 31.2 Å². The highest BCUT2D eigenvalue weighted by atomic mass is 35.5. The molecule has 1 aromatic heterocycles. The minimum atomic E-state index is -0.264. The van der Waals surface area contributed by atoms with Crippen LogP contribution in [0.4, 0.5) is 5.69 Å². The molecule has 0 aliphatic rings. The Labute approximate surface area is 175 Å². The molecule has 0 saturated heterocycles. The van der Waals surface area contributed by atoms with E-state index in [0.717, 1.165) is 11.3 Å². The number of hydrogen-bond acceptors (Lipinski definition) is 3. The summed E-state index contributed by atoms with van der Waals surface area (Å²) >= 11 is 6.25. The summed E-state index contributed by atoms with van der Waals surface area (Å²) < 4.78 is 1.78. The highest BCUT2D eigenvalue weighted by Crippen LogP contribution is 2.21. The summed E-state index contributed by atoms with van der Waals surface area (Å²) in [4.78, 5) is 26.6. The fraction of sp³-hybridized carbons (Fsp3) is 0.227. The van der Waals surface area contributed by atoms with E-state index in [0.29, 0.717) is 34.1 Å². The van der Waals surface area contributed by atoms with E-state index in [4.69, 9.17) is 11.6 Å². The van der Waals surface area contributed by atoms with Gasteiger partial charge in [-0.3, -0.25) is 14.3 Å². The van der Waals surface area contributed by atoms with Gasteiger partial charge < -0.3 is 10.2 Å². The van der Waals surface area contributed by atoms with Crippen molar-refractivity contribution in [2.45, 2.75) is 20.4 Å². The van der Waals surface area contributed by atoms with Crippen molar-refractivity contribution in [3.8, 4) is 0 Å². The van der Waals surface area contributed by atoms with Gasteiger partial charge >= 0.3 is 0 Å². The lowest BCUT2D eigenvalue weighted by Gasteiger charge is -2.12. The summed E-state index contributed by atoms with van der Waals surface area (Å²) in [5.74, 6) is -0.388. The number of carbonyl (C=O) groups is 2. The van der Waals surface area contributed by atoms with Gasteiger partial charge in [-0.15, -0.1) is 0 Å². The molecule has 1 heterocycles. The van der Waals surface area contributed by atoms with E-state index in [9.17, 15) is 9.59 Å². The molecule has 3 rings (SSSR count). The number of anilines is 1. The quantitative estimate of drug-likeness (QED) is 0.686. The van der Waals surface area contributed by atoms with Crippen LogP contribution in [0.2, 0.25) is 5.02 Å². The van der Waals surface area contributed by atoms with E-state index in [1.54, 1.807) is 50.0 Å². The maximum absolute atomic E-state index is 12.9. The molecule has 3 aromatic rings. The molecule has 0 radical (unpaired) electrons. The molecule has 0 aliphatic heterocycles. The van der Waals surface area contributed by atoms with Gasteiger partial charge in [0.05, 0.1) is 17.8 Å². The van der Waals surface area contributed by atoms with E-state index < -0.39 is 0 Å². The smallest absolute Gasteiger partial charge is 0.259 e. The zero-order valence-corrected chi connectivity index (χ0v) is 17.6. The molecule has 150 valence electrons. The fourth-order valence-electron chi connectivity index (χ4n) is 3.15. The topological polar surface area (TPSA) is 67.2 Å². The predicted molar refractivity (Wildman–Crippen MR) is 115 cm³/mol. The van der Waals surface area contributed by atoms with Crippen LogP contribution in [0.15, 0.2) is 48.5 Å². The number of aryl methyl sites for hydroxylation is 1. The van der Waals surface area contributed by atoms with Crippen molar-refractivity contribution in [2.75, 3.05) is 19.4 Å². The van der Waals surface area contributed by atoms with Crippen LogP contribution in [-0.2, 0) is 6.54 Å². The standard InChI is InChI=1S/C22H23ClN4O2/c1-14-20(15(2)27(25-14)13-17-8-5-6-11-19(17)23)21(28)24-18-10-7-9-16(12-18)22(29)26(3)4/h5-12H,13H2,1-4H3,(H,24,28). The Morgan fingerprint density at radius 1 is 1.10 bits per heavy atom. The van der Waals surface area contributed by atoms with Crippen molar-refractivity contribution in [3.63, 3.8) is 0 Å². The summed E-state index contributed by atoms with van der Waals surface area (Å²) in [5, 5.41) is 8.05. The van der Waals surface area contributed by atoms with E-state index in [1.165, 1.54) is 4.90 Å². The lowest BCUT2D eigenvalue weighted by atomic mass is 10.1. The number of aromatic nitrogens is 2. The van der Waals surface area contributed by atoms with Crippen molar-refractivity contribution in [1.82, 2.24) is 14.7 Å². The van der Waals surface area contributed by atoms with Crippen LogP contribution < -0.4 is 5.32 Å². The molecule has 6 nitrogen and oxygen atoms in total. The van der Waals surface area contributed by atoms with Crippen LogP contribution in [0.25, 0.3) is 0 Å². The van der Waals surface area contributed by atoms with Gasteiger partial charge in [-0.1, -0.05) is 35.9 Å². The van der Waals surface area contributed by atoms with Crippen LogP contribution in [-0.4, -0.2) is 40.6 Å². The molecule has 0 fully saturated rings. The Morgan fingerprint density at radius 2 is 1.83 bits per heavy atom. The van der Waals surface area contributed by atoms with Gasteiger partial charge in [0.1, 0.15) is 0 Å². The van der Waals surface area contributed by atoms with Crippen molar-refractivity contribution >= 4 is 29.1 Å². The van der Waals surface area contributed by atoms with Crippen LogP contribution in [0.1, 0.15) is 37.7 Å². The Morgan fingerprint density at radius 3 is 2.52 bits per heavy atom. The second kappa shape index (κ2) is 8.49. The first-order chi connectivity index (χ1) is 13.8. The first-order valence-corrected chi connectivity index (χ1v) is 9.56. The zero-order valence-electron chi connectivity index (χ0n) is 16.9. The van der Waals surface area contributed by atoms with Gasteiger partial charge in [0, 0.05) is 36.1 Å². The number of carbonyl (C=O) groups excluding carboxylic acids is 2. The third-order valence-electron chi connectivity index (χ3n) is 4.66. The minimum absolute atomic E-state index is 0.124. The van der Waals surface area contributed by atoms with Crippen LogP contribution >= 0.6 is 11.6 Å². The van der Waals surface area contributed by atoms with Gasteiger partial charge in [0.25, 0.3) is 11.8 Å².